The quantitative estimate of drug-likeness (QED) is 0.503. The van der Waals surface area contributed by atoms with Crippen molar-refractivity contribution in [1.29, 1.82) is 0 Å². The van der Waals surface area contributed by atoms with Crippen LogP contribution in [0.3, 0.4) is 0 Å². The van der Waals surface area contributed by atoms with Crippen LogP contribution >= 0.6 is 0 Å². The number of fused-ring (bicyclic) bond motifs is 1. The highest BCUT2D eigenvalue weighted by Crippen LogP contribution is 2.34. The molecular weight excluding hydrogens is 328 g/mol. The van der Waals surface area contributed by atoms with Gasteiger partial charge in [-0.05, 0) is 29.7 Å². The number of aryl methyl sites for hydroxylation is 1. The Bertz CT molecular complexity index is 1050. The first kappa shape index (κ1) is 17.6. The number of ether oxygens (including phenoxy) is 2. The molecule has 4 nitrogen and oxygen atoms in total. The smallest absolute Gasteiger partial charge is 0.340 e. The predicted molar refractivity (Wildman–Crippen MR) is 103 cm³/mol. The first-order valence-corrected chi connectivity index (χ1v) is 8.20. The van der Waals surface area contributed by atoms with E-state index in [-0.39, 0.29) is 5.63 Å². The zero-order valence-corrected chi connectivity index (χ0v) is 15.1. The lowest BCUT2D eigenvalue weighted by molar-refractivity contribution is 0.395. The minimum atomic E-state index is -0.347. The van der Waals surface area contributed by atoms with Crippen LogP contribution in [0.25, 0.3) is 17.0 Å². The van der Waals surface area contributed by atoms with Crippen molar-refractivity contribution in [3.8, 4) is 11.5 Å². The van der Waals surface area contributed by atoms with Crippen LogP contribution in [-0.2, 0) is 6.42 Å². The molecule has 2 aromatic carbocycles. The second-order valence-electron chi connectivity index (χ2n) is 5.96. The normalized spacial score (nSPS) is 10.4. The third-order valence-electron chi connectivity index (χ3n) is 4.40. The van der Waals surface area contributed by atoms with Gasteiger partial charge < -0.3 is 13.9 Å². The largest absolute Gasteiger partial charge is 0.496 e. The van der Waals surface area contributed by atoms with Crippen molar-refractivity contribution in [2.75, 3.05) is 14.2 Å². The van der Waals surface area contributed by atoms with Crippen molar-refractivity contribution in [1.82, 2.24) is 0 Å². The van der Waals surface area contributed by atoms with Gasteiger partial charge in [-0.15, -0.1) is 5.73 Å². The van der Waals surface area contributed by atoms with E-state index in [0.29, 0.717) is 29.1 Å². The summed E-state index contributed by atoms with van der Waals surface area (Å²) in [6.45, 7) is 5.49. The molecule has 0 bridgehead atoms. The van der Waals surface area contributed by atoms with E-state index in [1.54, 1.807) is 32.4 Å². The van der Waals surface area contributed by atoms with E-state index in [1.165, 1.54) is 0 Å². The summed E-state index contributed by atoms with van der Waals surface area (Å²) < 4.78 is 16.3. The molecule has 26 heavy (non-hydrogen) atoms. The molecule has 0 unspecified atom stereocenters. The average Bonchev–Trinajstić information content (AvgIpc) is 2.65. The second kappa shape index (κ2) is 7.34. The molecule has 0 aliphatic heterocycles. The van der Waals surface area contributed by atoms with Gasteiger partial charge in [-0.25, -0.2) is 4.79 Å². The second-order valence-corrected chi connectivity index (χ2v) is 5.96. The highest BCUT2D eigenvalue weighted by Gasteiger charge is 2.16. The summed E-state index contributed by atoms with van der Waals surface area (Å²) in [6.07, 6.45) is 2.29. The van der Waals surface area contributed by atoms with Crippen LogP contribution < -0.4 is 15.1 Å². The van der Waals surface area contributed by atoms with Gasteiger partial charge in [-0.1, -0.05) is 30.8 Å². The first-order valence-electron chi connectivity index (χ1n) is 8.20. The van der Waals surface area contributed by atoms with E-state index in [1.807, 2.05) is 31.2 Å². The Balaban J connectivity index is 2.11. The molecule has 0 amide bonds. The van der Waals surface area contributed by atoms with E-state index in [4.69, 9.17) is 13.9 Å². The van der Waals surface area contributed by atoms with Crippen molar-refractivity contribution >= 4 is 17.0 Å². The van der Waals surface area contributed by atoms with Crippen LogP contribution in [-0.4, -0.2) is 14.2 Å². The molecular formula is C22H20O4. The zero-order chi connectivity index (χ0) is 18.7. The van der Waals surface area contributed by atoms with Gasteiger partial charge in [0.1, 0.15) is 17.1 Å². The SMILES string of the molecule is C=C=Cc1ccc(Cc2c(C)c3c(OC)cc(OC)cc3oc2=O)cc1. The van der Waals surface area contributed by atoms with Crippen LogP contribution in [0, 0.1) is 6.92 Å². The summed E-state index contributed by atoms with van der Waals surface area (Å²) in [6, 6.07) is 11.4. The monoisotopic (exact) mass is 348 g/mol. The topological polar surface area (TPSA) is 48.7 Å². The van der Waals surface area contributed by atoms with Crippen molar-refractivity contribution < 1.29 is 13.9 Å². The predicted octanol–water partition coefficient (Wildman–Crippen LogP) is 4.51. The van der Waals surface area contributed by atoms with E-state index in [0.717, 1.165) is 22.1 Å². The maximum atomic E-state index is 12.6. The van der Waals surface area contributed by atoms with Gasteiger partial charge in [0.15, 0.2) is 0 Å². The number of rotatable bonds is 5. The standard InChI is InChI=1S/C22H20O4/c1-5-6-15-7-9-16(10-8-15)11-18-14(2)21-19(25-4)12-17(24-3)13-20(21)26-22(18)23/h6-10,12-13H,1,11H2,2-4H3. The Morgan fingerprint density at radius 2 is 1.88 bits per heavy atom. The Morgan fingerprint density at radius 3 is 2.50 bits per heavy atom. The van der Waals surface area contributed by atoms with E-state index >= 15 is 0 Å². The van der Waals surface area contributed by atoms with Crippen molar-refractivity contribution in [2.45, 2.75) is 13.3 Å². The number of hydrogen-bond acceptors (Lipinski definition) is 4. The molecule has 3 rings (SSSR count). The summed E-state index contributed by atoms with van der Waals surface area (Å²) >= 11 is 0. The molecule has 3 aromatic rings. The summed E-state index contributed by atoms with van der Waals surface area (Å²) in [7, 11) is 3.15. The summed E-state index contributed by atoms with van der Waals surface area (Å²) in [4.78, 5) is 12.6. The van der Waals surface area contributed by atoms with Crippen LogP contribution in [0.5, 0.6) is 11.5 Å². The van der Waals surface area contributed by atoms with Gasteiger partial charge in [0.05, 0.1) is 19.6 Å². The zero-order valence-electron chi connectivity index (χ0n) is 15.1. The number of benzene rings is 2. The lowest BCUT2D eigenvalue weighted by Gasteiger charge is -2.12. The third kappa shape index (κ3) is 3.28. The van der Waals surface area contributed by atoms with Crippen LogP contribution in [0.1, 0.15) is 22.3 Å². The third-order valence-corrected chi connectivity index (χ3v) is 4.40. The van der Waals surface area contributed by atoms with Gasteiger partial charge in [0, 0.05) is 24.1 Å². The van der Waals surface area contributed by atoms with Crippen molar-refractivity contribution in [3.63, 3.8) is 0 Å². The molecule has 0 saturated heterocycles. The molecule has 0 atom stereocenters. The van der Waals surface area contributed by atoms with Gasteiger partial charge in [-0.2, -0.15) is 0 Å². The molecule has 1 aromatic heterocycles. The van der Waals surface area contributed by atoms with Crippen LogP contribution in [0.15, 0.2) is 57.9 Å². The molecule has 0 N–H and O–H groups in total. The Kier molecular flexibility index (Phi) is 4.97. The van der Waals surface area contributed by atoms with E-state index < -0.39 is 0 Å². The molecule has 0 radical (unpaired) electrons. The number of methoxy groups -OCH3 is 2. The Labute approximate surface area is 152 Å². The minimum Gasteiger partial charge on any atom is -0.496 e. The van der Waals surface area contributed by atoms with Crippen LogP contribution in [0.2, 0.25) is 0 Å². The van der Waals surface area contributed by atoms with E-state index in [9.17, 15) is 4.79 Å². The fourth-order valence-electron chi connectivity index (χ4n) is 3.02. The maximum Gasteiger partial charge on any atom is 0.340 e. The van der Waals surface area contributed by atoms with Gasteiger partial charge in [-0.3, -0.25) is 0 Å². The molecule has 0 spiro atoms. The molecule has 0 saturated carbocycles. The fraction of sp³-hybridized carbons (Fsp3) is 0.182. The lowest BCUT2D eigenvalue weighted by Crippen LogP contribution is -2.11. The number of hydrogen-bond donors (Lipinski definition) is 0. The first-order chi connectivity index (χ1) is 12.6. The minimum absolute atomic E-state index is 0.347. The molecule has 4 heteroatoms. The molecule has 0 aliphatic carbocycles. The summed E-state index contributed by atoms with van der Waals surface area (Å²) in [5, 5.41) is 0.786. The average molecular weight is 348 g/mol. The molecule has 132 valence electrons. The van der Waals surface area contributed by atoms with Crippen LogP contribution in [0.4, 0.5) is 0 Å². The van der Waals surface area contributed by atoms with Gasteiger partial charge in [0.2, 0.25) is 0 Å². The molecule has 1 heterocycles. The molecule has 0 aliphatic rings. The van der Waals surface area contributed by atoms with Gasteiger partial charge in [0.25, 0.3) is 0 Å². The highest BCUT2D eigenvalue weighted by molar-refractivity contribution is 5.89. The Hall–Kier alpha value is -3.23. The summed E-state index contributed by atoms with van der Waals surface area (Å²) in [5.74, 6) is 1.20. The van der Waals surface area contributed by atoms with Crippen molar-refractivity contribution in [2.24, 2.45) is 0 Å². The van der Waals surface area contributed by atoms with Gasteiger partial charge >= 0.3 is 5.63 Å². The molecule has 0 fully saturated rings. The van der Waals surface area contributed by atoms with E-state index in [2.05, 4.69) is 12.3 Å². The fourth-order valence-corrected chi connectivity index (χ4v) is 3.02. The van der Waals surface area contributed by atoms with Crippen molar-refractivity contribution in [3.05, 3.63) is 81.4 Å². The summed E-state index contributed by atoms with van der Waals surface area (Å²) in [5.41, 5.74) is 6.37. The Morgan fingerprint density at radius 1 is 1.15 bits per heavy atom. The highest BCUT2D eigenvalue weighted by atomic mass is 16.5. The maximum absolute atomic E-state index is 12.6. The lowest BCUT2D eigenvalue weighted by atomic mass is 9.98.